The molecule has 1 amide bonds. The van der Waals surface area contributed by atoms with Gasteiger partial charge in [-0.15, -0.1) is 10.2 Å². The molecule has 0 spiro atoms. The van der Waals surface area contributed by atoms with Crippen LogP contribution in [0, 0.1) is 0 Å². The predicted molar refractivity (Wildman–Crippen MR) is 108 cm³/mol. The molecule has 5 rings (SSSR count). The summed E-state index contributed by atoms with van der Waals surface area (Å²) in [6.07, 6.45) is 2.50. The number of rotatable bonds is 5. The molecule has 0 unspecified atom stereocenters. The first kappa shape index (κ1) is 17.1. The summed E-state index contributed by atoms with van der Waals surface area (Å²) in [4.78, 5) is 12.6. The van der Waals surface area contributed by atoms with Gasteiger partial charge in [-0.1, -0.05) is 41.6 Å². The van der Waals surface area contributed by atoms with E-state index in [2.05, 4.69) is 20.7 Å². The number of carbonyl (C=O) groups excluding carboxylic acids is 1. The number of pyridine rings is 1. The third-order valence-electron chi connectivity index (χ3n) is 4.79. The van der Waals surface area contributed by atoms with Crippen molar-refractivity contribution in [2.24, 2.45) is 0 Å². The summed E-state index contributed by atoms with van der Waals surface area (Å²) in [6, 6.07) is 20.8. The molecule has 29 heavy (non-hydrogen) atoms. The van der Waals surface area contributed by atoms with E-state index in [4.69, 9.17) is 4.52 Å². The van der Waals surface area contributed by atoms with Gasteiger partial charge in [0.1, 0.15) is 11.3 Å². The van der Waals surface area contributed by atoms with Crippen LogP contribution in [0.2, 0.25) is 0 Å². The van der Waals surface area contributed by atoms with Gasteiger partial charge < -0.3 is 9.84 Å². The number of amides is 1. The Kier molecular flexibility index (Phi) is 4.25. The van der Waals surface area contributed by atoms with E-state index >= 15 is 0 Å². The van der Waals surface area contributed by atoms with Crippen LogP contribution in [-0.2, 0) is 6.42 Å². The van der Waals surface area contributed by atoms with Gasteiger partial charge in [0.25, 0.3) is 5.91 Å². The summed E-state index contributed by atoms with van der Waals surface area (Å²) >= 11 is 0. The Morgan fingerprint density at radius 3 is 2.76 bits per heavy atom. The van der Waals surface area contributed by atoms with E-state index in [1.54, 1.807) is 12.1 Å². The molecule has 142 valence electrons. The normalized spacial score (nSPS) is 11.2. The Balaban J connectivity index is 1.33. The van der Waals surface area contributed by atoms with Crippen molar-refractivity contribution in [3.05, 3.63) is 84.3 Å². The topological polar surface area (TPSA) is 85.3 Å². The lowest BCUT2D eigenvalue weighted by Crippen LogP contribution is -2.26. The number of benzene rings is 2. The molecule has 0 aliphatic carbocycles. The Labute approximate surface area is 166 Å². The molecule has 0 bridgehead atoms. The van der Waals surface area contributed by atoms with Crippen molar-refractivity contribution in [3.63, 3.8) is 0 Å². The molecule has 2 aromatic carbocycles. The van der Waals surface area contributed by atoms with E-state index in [9.17, 15) is 4.79 Å². The molecule has 3 aromatic heterocycles. The minimum absolute atomic E-state index is 0.152. The number of fused-ring (bicyclic) bond motifs is 2. The van der Waals surface area contributed by atoms with Gasteiger partial charge in [-0.05, 0) is 30.3 Å². The number of nitrogens with one attached hydrogen (secondary N) is 1. The lowest BCUT2D eigenvalue weighted by molar-refractivity contribution is 0.0954. The van der Waals surface area contributed by atoms with Gasteiger partial charge in [0.05, 0.1) is 5.39 Å². The Morgan fingerprint density at radius 1 is 1.00 bits per heavy atom. The maximum atomic E-state index is 12.6. The van der Waals surface area contributed by atoms with E-state index in [0.29, 0.717) is 24.3 Å². The van der Waals surface area contributed by atoms with Crippen LogP contribution < -0.4 is 5.32 Å². The lowest BCUT2D eigenvalue weighted by atomic mass is 10.1. The number of carbonyl (C=O) groups is 1. The van der Waals surface area contributed by atoms with Crippen LogP contribution in [0.1, 0.15) is 16.2 Å². The third kappa shape index (κ3) is 3.23. The van der Waals surface area contributed by atoms with E-state index < -0.39 is 0 Å². The van der Waals surface area contributed by atoms with Crippen LogP contribution in [0.3, 0.4) is 0 Å². The van der Waals surface area contributed by atoms with Crippen molar-refractivity contribution in [2.75, 3.05) is 6.54 Å². The summed E-state index contributed by atoms with van der Waals surface area (Å²) in [5.74, 6) is 1.31. The number of hydrogen-bond acceptors (Lipinski definition) is 5. The molecule has 1 N–H and O–H groups in total. The summed E-state index contributed by atoms with van der Waals surface area (Å²) in [5, 5.41) is 16.2. The first-order valence-corrected chi connectivity index (χ1v) is 9.31. The maximum absolute atomic E-state index is 12.6. The molecule has 0 saturated carbocycles. The molecule has 7 nitrogen and oxygen atoms in total. The van der Waals surface area contributed by atoms with E-state index in [-0.39, 0.29) is 5.91 Å². The molecule has 0 atom stereocenters. The second-order valence-corrected chi connectivity index (χ2v) is 6.66. The van der Waals surface area contributed by atoms with Crippen LogP contribution in [0.15, 0.2) is 77.4 Å². The highest BCUT2D eigenvalue weighted by Gasteiger charge is 2.14. The van der Waals surface area contributed by atoms with Crippen LogP contribution >= 0.6 is 0 Å². The molecule has 3 heterocycles. The maximum Gasteiger partial charge on any atom is 0.251 e. The van der Waals surface area contributed by atoms with Crippen molar-refractivity contribution in [3.8, 4) is 11.3 Å². The molecule has 0 fully saturated rings. The van der Waals surface area contributed by atoms with E-state index in [1.165, 1.54) is 0 Å². The average Bonchev–Trinajstić information content (AvgIpc) is 3.38. The van der Waals surface area contributed by atoms with Crippen LogP contribution in [0.5, 0.6) is 0 Å². The first-order chi connectivity index (χ1) is 14.3. The second-order valence-electron chi connectivity index (χ2n) is 6.66. The van der Waals surface area contributed by atoms with Gasteiger partial charge in [0.15, 0.2) is 11.4 Å². The van der Waals surface area contributed by atoms with Crippen LogP contribution in [0.4, 0.5) is 0 Å². The van der Waals surface area contributed by atoms with E-state index in [1.807, 2.05) is 65.2 Å². The monoisotopic (exact) mass is 383 g/mol. The van der Waals surface area contributed by atoms with Crippen molar-refractivity contribution in [1.82, 2.24) is 25.1 Å². The van der Waals surface area contributed by atoms with Gasteiger partial charge in [-0.2, -0.15) is 0 Å². The fraction of sp³-hybridized carbons (Fsp3) is 0.0909. The number of nitrogens with zero attached hydrogens (tertiary/aromatic N) is 4. The number of aromatic nitrogens is 4. The third-order valence-corrected chi connectivity index (χ3v) is 4.79. The quantitative estimate of drug-likeness (QED) is 0.502. The molecule has 0 aliphatic heterocycles. The fourth-order valence-electron chi connectivity index (χ4n) is 3.33. The van der Waals surface area contributed by atoms with Gasteiger partial charge in [-0.25, -0.2) is 0 Å². The smallest absolute Gasteiger partial charge is 0.251 e. The first-order valence-electron chi connectivity index (χ1n) is 9.31. The highest BCUT2D eigenvalue weighted by molar-refractivity contribution is 6.00. The molecule has 5 aromatic rings. The van der Waals surface area contributed by atoms with Crippen molar-refractivity contribution >= 4 is 22.5 Å². The Morgan fingerprint density at radius 2 is 1.86 bits per heavy atom. The lowest BCUT2D eigenvalue weighted by Gasteiger charge is -2.05. The Hall–Kier alpha value is -4.00. The fourth-order valence-corrected chi connectivity index (χ4v) is 3.33. The van der Waals surface area contributed by atoms with Crippen molar-refractivity contribution in [1.29, 1.82) is 0 Å². The number of hydrogen-bond donors (Lipinski definition) is 1. The summed E-state index contributed by atoms with van der Waals surface area (Å²) in [5.41, 5.74) is 2.99. The second kappa shape index (κ2) is 7.20. The molecule has 0 radical (unpaired) electrons. The zero-order valence-electron chi connectivity index (χ0n) is 15.4. The highest BCUT2D eigenvalue weighted by atomic mass is 16.5. The molecule has 7 heteroatoms. The Bertz CT molecular complexity index is 1310. The molecule has 0 aliphatic rings. The average molecular weight is 383 g/mol. The summed E-state index contributed by atoms with van der Waals surface area (Å²) in [6.45, 7) is 0.460. The van der Waals surface area contributed by atoms with Crippen molar-refractivity contribution in [2.45, 2.75) is 6.42 Å². The molecular weight excluding hydrogens is 366 g/mol. The summed E-state index contributed by atoms with van der Waals surface area (Å²) in [7, 11) is 0. The standard InChI is InChI=1S/C22H17N5O2/c28-22(23-12-11-20-25-24-19-8-4-5-13-27(19)20)16-9-10-18-17(14-16)21(29-26-18)15-6-2-1-3-7-15/h1-10,13-14H,11-12H2,(H,23,28). The molecule has 0 saturated heterocycles. The van der Waals surface area contributed by atoms with E-state index in [0.717, 1.165) is 27.9 Å². The van der Waals surface area contributed by atoms with Gasteiger partial charge in [-0.3, -0.25) is 9.20 Å². The van der Waals surface area contributed by atoms with Crippen LogP contribution in [0.25, 0.3) is 27.9 Å². The van der Waals surface area contributed by atoms with Crippen LogP contribution in [-0.4, -0.2) is 32.2 Å². The summed E-state index contributed by atoms with van der Waals surface area (Å²) < 4.78 is 7.43. The largest absolute Gasteiger partial charge is 0.355 e. The zero-order valence-corrected chi connectivity index (χ0v) is 15.4. The van der Waals surface area contributed by atoms with Crippen molar-refractivity contribution < 1.29 is 9.32 Å². The SMILES string of the molecule is O=C(NCCc1nnc2ccccn12)c1ccc2noc(-c3ccccc3)c2c1. The minimum atomic E-state index is -0.152. The van der Waals surface area contributed by atoms with Gasteiger partial charge >= 0.3 is 0 Å². The predicted octanol–water partition coefficient (Wildman–Crippen LogP) is 3.51. The zero-order chi connectivity index (χ0) is 19.6. The highest BCUT2D eigenvalue weighted by Crippen LogP contribution is 2.29. The van der Waals surface area contributed by atoms with Gasteiger partial charge in [0, 0.05) is 30.3 Å². The molecular formula is C22H17N5O2. The minimum Gasteiger partial charge on any atom is -0.355 e. The van der Waals surface area contributed by atoms with Gasteiger partial charge in [0.2, 0.25) is 0 Å².